The van der Waals surface area contributed by atoms with Gasteiger partial charge in [0.25, 0.3) is 0 Å². The fraction of sp³-hybridized carbons (Fsp3) is 0.583. The molecular weight excluding hydrogens is 509 g/mol. The van der Waals surface area contributed by atoms with Crippen LogP contribution in [-0.2, 0) is 4.74 Å². The molecular formula is C24H29F3N6O3S. The van der Waals surface area contributed by atoms with E-state index in [1.54, 1.807) is 10.7 Å². The first kappa shape index (κ1) is 26.1. The number of halogens is 3. The third-order valence-corrected chi connectivity index (χ3v) is 7.76. The van der Waals surface area contributed by atoms with Gasteiger partial charge in [0.15, 0.2) is 33.8 Å². The number of fused-ring (bicyclic) bond motifs is 1. The van der Waals surface area contributed by atoms with Crippen LogP contribution in [0.2, 0.25) is 0 Å². The van der Waals surface area contributed by atoms with Gasteiger partial charge >= 0.3 is 0 Å². The molecule has 2 heterocycles. The van der Waals surface area contributed by atoms with E-state index in [4.69, 9.17) is 9.84 Å². The molecule has 200 valence electrons. The summed E-state index contributed by atoms with van der Waals surface area (Å²) in [6.07, 6.45) is -0.509. The van der Waals surface area contributed by atoms with E-state index in [0.717, 1.165) is 24.7 Å². The minimum Gasteiger partial charge on any atom is -0.393 e. The van der Waals surface area contributed by atoms with E-state index in [1.165, 1.54) is 17.8 Å². The molecule has 9 nitrogen and oxygen atoms in total. The number of aliphatic hydroxyl groups is 2. The molecule has 6 atom stereocenters. The van der Waals surface area contributed by atoms with Gasteiger partial charge in [-0.2, -0.15) is 0 Å². The number of alkyl halides is 1. The van der Waals surface area contributed by atoms with E-state index < -0.39 is 36.6 Å². The van der Waals surface area contributed by atoms with Crippen LogP contribution in [0.1, 0.15) is 50.1 Å². The fourth-order valence-corrected chi connectivity index (χ4v) is 5.36. The first-order valence-electron chi connectivity index (χ1n) is 12.4. The first-order valence-corrected chi connectivity index (χ1v) is 13.4. The highest BCUT2D eigenvalue weighted by Gasteiger charge is 2.40. The molecule has 0 spiro atoms. The number of aliphatic hydroxyl groups excluding tert-OH is 2. The van der Waals surface area contributed by atoms with Crippen LogP contribution in [0.5, 0.6) is 0 Å². The fourth-order valence-electron chi connectivity index (χ4n) is 4.67. The molecule has 0 bridgehead atoms. The molecule has 37 heavy (non-hydrogen) atoms. The van der Waals surface area contributed by atoms with Gasteiger partial charge in [0.1, 0.15) is 6.17 Å². The van der Waals surface area contributed by atoms with Gasteiger partial charge in [-0.1, -0.05) is 30.0 Å². The predicted octanol–water partition coefficient (Wildman–Crippen LogP) is 3.38. The van der Waals surface area contributed by atoms with Crippen molar-refractivity contribution >= 4 is 28.7 Å². The summed E-state index contributed by atoms with van der Waals surface area (Å²) < 4.78 is 47.6. The van der Waals surface area contributed by atoms with Gasteiger partial charge in [-0.3, -0.25) is 0 Å². The minimum absolute atomic E-state index is 0.0167. The molecule has 0 radical (unpaired) electrons. The summed E-state index contributed by atoms with van der Waals surface area (Å²) in [5.41, 5.74) is 1.70. The summed E-state index contributed by atoms with van der Waals surface area (Å²) in [6.45, 7) is 1.13. The van der Waals surface area contributed by atoms with Gasteiger partial charge < -0.3 is 20.3 Å². The second kappa shape index (κ2) is 11.1. The van der Waals surface area contributed by atoms with E-state index in [2.05, 4.69) is 32.5 Å². The molecule has 3 aromatic rings. The second-order valence-electron chi connectivity index (χ2n) is 9.52. The van der Waals surface area contributed by atoms with E-state index in [9.17, 15) is 18.3 Å². The van der Waals surface area contributed by atoms with Gasteiger partial charge in [-0.05, 0) is 43.4 Å². The molecule has 2 saturated carbocycles. The van der Waals surface area contributed by atoms with Gasteiger partial charge in [-0.15, -0.1) is 5.10 Å². The van der Waals surface area contributed by atoms with Crippen molar-refractivity contribution in [1.82, 2.24) is 25.0 Å². The highest BCUT2D eigenvalue weighted by atomic mass is 32.2. The van der Waals surface area contributed by atoms with E-state index in [0.29, 0.717) is 40.5 Å². The van der Waals surface area contributed by atoms with Crippen LogP contribution in [-0.4, -0.2) is 78.6 Å². The van der Waals surface area contributed by atoms with Crippen molar-refractivity contribution in [3.63, 3.8) is 0 Å². The summed E-state index contributed by atoms with van der Waals surface area (Å²) >= 11 is 1.51. The van der Waals surface area contributed by atoms with Crippen LogP contribution >= 0.6 is 11.8 Å². The van der Waals surface area contributed by atoms with Crippen molar-refractivity contribution in [3.8, 4) is 0 Å². The van der Waals surface area contributed by atoms with E-state index >= 15 is 0 Å². The lowest BCUT2D eigenvalue weighted by atomic mass is 10.1. The van der Waals surface area contributed by atoms with Gasteiger partial charge in [-0.25, -0.2) is 27.8 Å². The van der Waals surface area contributed by atoms with Gasteiger partial charge in [0, 0.05) is 17.7 Å². The van der Waals surface area contributed by atoms with Crippen LogP contribution in [0.4, 0.5) is 19.0 Å². The number of benzene rings is 1. The number of hydrogen-bond acceptors (Lipinski definition) is 9. The maximum atomic E-state index is 13.7. The maximum absolute atomic E-state index is 13.7. The van der Waals surface area contributed by atoms with Crippen LogP contribution < -0.4 is 5.32 Å². The van der Waals surface area contributed by atoms with E-state index in [-0.39, 0.29) is 24.6 Å². The Labute approximate surface area is 215 Å². The van der Waals surface area contributed by atoms with Crippen molar-refractivity contribution in [2.75, 3.05) is 24.3 Å². The van der Waals surface area contributed by atoms with Crippen LogP contribution in [0.25, 0.3) is 11.2 Å². The largest absolute Gasteiger partial charge is 0.393 e. The quantitative estimate of drug-likeness (QED) is 0.249. The molecule has 13 heteroatoms. The lowest BCUT2D eigenvalue weighted by Crippen LogP contribution is -2.27. The topological polar surface area (TPSA) is 118 Å². The molecule has 0 saturated heterocycles. The van der Waals surface area contributed by atoms with Gasteiger partial charge in [0.2, 0.25) is 0 Å². The zero-order valence-electron chi connectivity index (χ0n) is 20.2. The normalized spacial score (nSPS) is 26.1. The zero-order chi connectivity index (χ0) is 26.1. The summed E-state index contributed by atoms with van der Waals surface area (Å²) in [5, 5.41) is 31.9. The smallest absolute Gasteiger partial charge is 0.191 e. The number of rotatable bonds is 11. The first-order chi connectivity index (χ1) is 17.9. The highest BCUT2D eigenvalue weighted by molar-refractivity contribution is 7.99. The Kier molecular flexibility index (Phi) is 7.84. The molecule has 2 fully saturated rings. The number of nitrogens with one attached hydrogen (secondary N) is 1. The number of nitrogens with zero attached hydrogens (tertiary/aromatic N) is 5. The Morgan fingerprint density at radius 3 is 2.81 bits per heavy atom. The lowest BCUT2D eigenvalue weighted by molar-refractivity contribution is -0.0444. The number of anilines is 1. The molecule has 2 aliphatic rings. The monoisotopic (exact) mass is 538 g/mol. The van der Waals surface area contributed by atoms with Crippen LogP contribution in [0, 0.1) is 11.6 Å². The number of hydrogen-bond donors (Lipinski definition) is 3. The number of ether oxygens (including phenoxy) is 1. The summed E-state index contributed by atoms with van der Waals surface area (Å²) in [6, 6.07) is 3.67. The molecule has 1 aromatic carbocycles. The number of aromatic nitrogens is 5. The van der Waals surface area contributed by atoms with Crippen molar-refractivity contribution in [2.45, 2.75) is 74.1 Å². The van der Waals surface area contributed by atoms with Crippen molar-refractivity contribution in [2.24, 2.45) is 0 Å². The minimum atomic E-state index is -1.50. The zero-order valence-corrected chi connectivity index (χ0v) is 21.0. The van der Waals surface area contributed by atoms with Crippen molar-refractivity contribution in [3.05, 3.63) is 35.4 Å². The molecule has 2 unspecified atom stereocenters. The summed E-state index contributed by atoms with van der Waals surface area (Å²) in [7, 11) is 0. The van der Waals surface area contributed by atoms with Gasteiger partial charge in [0.05, 0.1) is 31.5 Å². The molecule has 0 amide bonds. The number of thioether (sulfide) groups is 1. The summed E-state index contributed by atoms with van der Waals surface area (Å²) in [4.78, 5) is 9.34. The molecule has 5 rings (SSSR count). The third-order valence-electron chi connectivity index (χ3n) is 6.71. The molecule has 0 aliphatic heterocycles. The average Bonchev–Trinajstić information content (AvgIpc) is 3.35. The Hall–Kier alpha value is -2.48. The Bertz CT molecular complexity index is 1250. The molecule has 3 N–H and O–H groups in total. The van der Waals surface area contributed by atoms with Crippen molar-refractivity contribution in [1.29, 1.82) is 0 Å². The summed E-state index contributed by atoms with van der Waals surface area (Å²) in [5.74, 6) is -0.389. The average molecular weight is 539 g/mol. The predicted molar refractivity (Wildman–Crippen MR) is 131 cm³/mol. The van der Waals surface area contributed by atoms with Crippen LogP contribution in [0.15, 0.2) is 23.4 Å². The maximum Gasteiger partial charge on any atom is 0.191 e. The highest BCUT2D eigenvalue weighted by Crippen LogP contribution is 2.44. The van der Waals surface area contributed by atoms with Crippen LogP contribution in [0.3, 0.4) is 0 Å². The Morgan fingerprint density at radius 2 is 2.05 bits per heavy atom. The third kappa shape index (κ3) is 5.69. The Morgan fingerprint density at radius 1 is 1.22 bits per heavy atom. The molecule has 2 aliphatic carbocycles. The lowest BCUT2D eigenvalue weighted by Gasteiger charge is -2.16. The second-order valence-corrected chi connectivity index (χ2v) is 10.6. The SMILES string of the molecule is CCCSc1nc(N[C@@H]2C[C@H]2c2ccc(F)c(F)c2)c2nnn([C@H]3CC(O)[C@@H](OCC(F)CO)C3)c2n1. The Balaban J connectivity index is 1.37. The van der Waals surface area contributed by atoms with E-state index in [1.807, 2.05) is 0 Å². The standard InChI is InChI=1S/C24H29F3N6O3S/c1-2-5-37-24-29-22(28-18-9-15(18)12-3-4-16(26)17(27)6-12)21-23(30-24)33(32-31-21)14-7-19(35)20(8-14)36-11-13(25)10-34/h3-4,6,13-15,18-20,34-35H,2,5,7-11H2,1H3,(H,28,29,30)/t13?,14-,15-,18+,19?,20-/m0/s1. The molecule has 2 aromatic heterocycles. The van der Waals surface area contributed by atoms with Crippen molar-refractivity contribution < 1.29 is 28.1 Å².